The summed E-state index contributed by atoms with van der Waals surface area (Å²) in [6.45, 7) is 0.644. The van der Waals surface area contributed by atoms with Gasteiger partial charge in [0.15, 0.2) is 0 Å². The molecule has 0 aliphatic carbocycles. The van der Waals surface area contributed by atoms with Crippen LogP contribution in [0.1, 0.15) is 44.7 Å². The van der Waals surface area contributed by atoms with E-state index in [4.69, 9.17) is 0 Å². The topological polar surface area (TPSA) is 67.2 Å². The van der Waals surface area contributed by atoms with E-state index in [2.05, 4.69) is 10.4 Å². The number of hydrogen-bond acceptors (Lipinski definition) is 3. The highest BCUT2D eigenvalue weighted by Gasteiger charge is 2.38. The summed E-state index contributed by atoms with van der Waals surface area (Å²) in [6.07, 6.45) is -6.17. The van der Waals surface area contributed by atoms with Gasteiger partial charge >= 0.3 is 12.4 Å². The van der Waals surface area contributed by atoms with Crippen molar-refractivity contribution in [2.75, 3.05) is 19.6 Å². The molecule has 1 N–H and O–H groups in total. The molecule has 3 rings (SSSR count). The highest BCUT2D eigenvalue weighted by atomic mass is 19.4. The molecule has 1 aromatic carbocycles. The van der Waals surface area contributed by atoms with Crippen LogP contribution >= 0.6 is 0 Å². The Kier molecular flexibility index (Phi) is 6.51. The predicted molar refractivity (Wildman–Crippen MR) is 101 cm³/mol. The maximum atomic E-state index is 13.0. The van der Waals surface area contributed by atoms with Gasteiger partial charge in [-0.25, -0.2) is 0 Å². The second-order valence-electron chi connectivity index (χ2n) is 7.64. The van der Waals surface area contributed by atoms with Crippen LogP contribution in [-0.4, -0.2) is 46.1 Å². The lowest BCUT2D eigenvalue weighted by Crippen LogP contribution is -2.41. The summed E-state index contributed by atoms with van der Waals surface area (Å²) < 4.78 is 79.7. The van der Waals surface area contributed by atoms with Crippen LogP contribution in [0.4, 0.5) is 26.3 Å². The number of alkyl halides is 6. The molecule has 0 saturated carbocycles. The zero-order valence-corrected chi connectivity index (χ0v) is 16.9. The summed E-state index contributed by atoms with van der Waals surface area (Å²) >= 11 is 0. The summed E-state index contributed by atoms with van der Waals surface area (Å²) in [5.74, 6) is -1.17. The first-order chi connectivity index (χ1) is 14.8. The smallest absolute Gasteiger partial charge is 0.352 e. The fourth-order valence-corrected chi connectivity index (χ4v) is 3.48. The number of benzene rings is 1. The molecule has 0 spiro atoms. The predicted octanol–water partition coefficient (Wildman–Crippen LogP) is 3.74. The second-order valence-corrected chi connectivity index (χ2v) is 7.64. The van der Waals surface area contributed by atoms with Crippen LogP contribution in [0.25, 0.3) is 0 Å². The molecule has 2 heterocycles. The molecule has 0 atom stereocenters. The summed E-state index contributed by atoms with van der Waals surface area (Å²) in [4.78, 5) is 25.9. The van der Waals surface area contributed by atoms with Gasteiger partial charge < -0.3 is 10.2 Å². The quantitative estimate of drug-likeness (QED) is 0.705. The van der Waals surface area contributed by atoms with Gasteiger partial charge in [0.2, 0.25) is 0 Å². The van der Waals surface area contributed by atoms with E-state index < -0.39 is 35.0 Å². The SMILES string of the molecule is Cn1cc(C(=O)NCC2CCN(C(=O)c3cc(C(F)(F)F)cc(C(F)(F)F)c3)CC2)cn1. The normalized spacial score (nSPS) is 15.7. The van der Waals surface area contributed by atoms with Gasteiger partial charge in [0, 0.05) is 38.4 Å². The molecule has 1 aliphatic heterocycles. The third-order valence-corrected chi connectivity index (χ3v) is 5.25. The van der Waals surface area contributed by atoms with Crippen molar-refractivity contribution in [3.05, 3.63) is 52.8 Å². The van der Waals surface area contributed by atoms with E-state index in [0.29, 0.717) is 37.1 Å². The zero-order valence-electron chi connectivity index (χ0n) is 16.9. The molecule has 6 nitrogen and oxygen atoms in total. The molecule has 174 valence electrons. The number of likely N-dealkylation sites (tertiary alicyclic amines) is 1. The zero-order chi connectivity index (χ0) is 23.7. The third kappa shape index (κ3) is 5.60. The lowest BCUT2D eigenvalue weighted by Gasteiger charge is -2.32. The molecule has 1 aromatic heterocycles. The van der Waals surface area contributed by atoms with Gasteiger partial charge in [0.1, 0.15) is 0 Å². The van der Waals surface area contributed by atoms with Crippen molar-refractivity contribution >= 4 is 11.8 Å². The van der Waals surface area contributed by atoms with Crippen molar-refractivity contribution in [2.45, 2.75) is 25.2 Å². The van der Waals surface area contributed by atoms with Crippen LogP contribution in [0.15, 0.2) is 30.6 Å². The summed E-state index contributed by atoms with van der Waals surface area (Å²) in [5, 5.41) is 6.66. The Morgan fingerprint density at radius 2 is 1.56 bits per heavy atom. The summed E-state index contributed by atoms with van der Waals surface area (Å²) in [7, 11) is 1.67. The minimum absolute atomic E-state index is 0.00600. The lowest BCUT2D eigenvalue weighted by atomic mass is 9.95. The van der Waals surface area contributed by atoms with E-state index in [1.165, 1.54) is 15.8 Å². The van der Waals surface area contributed by atoms with Gasteiger partial charge in [0.05, 0.1) is 22.9 Å². The number of nitrogens with zero attached hydrogens (tertiary/aromatic N) is 3. The van der Waals surface area contributed by atoms with Gasteiger partial charge in [-0.3, -0.25) is 14.3 Å². The maximum Gasteiger partial charge on any atom is 0.416 e. The van der Waals surface area contributed by atoms with Crippen molar-refractivity contribution in [1.29, 1.82) is 0 Å². The van der Waals surface area contributed by atoms with Crippen molar-refractivity contribution in [2.24, 2.45) is 13.0 Å². The molecule has 1 saturated heterocycles. The minimum atomic E-state index is -5.02. The Bertz CT molecular complexity index is 958. The van der Waals surface area contributed by atoms with Crippen LogP contribution in [-0.2, 0) is 19.4 Å². The van der Waals surface area contributed by atoms with E-state index in [1.54, 1.807) is 13.2 Å². The first-order valence-corrected chi connectivity index (χ1v) is 9.70. The van der Waals surface area contributed by atoms with Gasteiger partial charge in [-0.15, -0.1) is 0 Å². The number of halogens is 6. The minimum Gasteiger partial charge on any atom is -0.352 e. The molecule has 2 aromatic rings. The van der Waals surface area contributed by atoms with Crippen LogP contribution in [0.5, 0.6) is 0 Å². The number of rotatable bonds is 4. The van der Waals surface area contributed by atoms with Gasteiger partial charge in [-0.05, 0) is 37.0 Å². The van der Waals surface area contributed by atoms with E-state index >= 15 is 0 Å². The van der Waals surface area contributed by atoms with E-state index in [1.807, 2.05) is 0 Å². The molecule has 0 bridgehead atoms. The fourth-order valence-electron chi connectivity index (χ4n) is 3.48. The molecule has 12 heteroatoms. The molecule has 2 amide bonds. The monoisotopic (exact) mass is 462 g/mol. The van der Waals surface area contributed by atoms with E-state index in [-0.39, 0.29) is 31.0 Å². The van der Waals surface area contributed by atoms with Gasteiger partial charge in [-0.1, -0.05) is 0 Å². The van der Waals surface area contributed by atoms with Crippen LogP contribution in [0.3, 0.4) is 0 Å². The number of amides is 2. The Morgan fingerprint density at radius 1 is 1.00 bits per heavy atom. The van der Waals surface area contributed by atoms with Gasteiger partial charge in [-0.2, -0.15) is 31.4 Å². The fraction of sp³-hybridized carbons (Fsp3) is 0.450. The Balaban J connectivity index is 1.63. The van der Waals surface area contributed by atoms with Crippen molar-refractivity contribution in [3.63, 3.8) is 0 Å². The molecule has 1 aliphatic rings. The van der Waals surface area contributed by atoms with Crippen molar-refractivity contribution in [1.82, 2.24) is 20.0 Å². The Morgan fingerprint density at radius 3 is 2.03 bits per heavy atom. The Hall–Kier alpha value is -3.05. The number of carbonyl (C=O) groups excluding carboxylic acids is 2. The van der Waals surface area contributed by atoms with E-state index in [0.717, 1.165) is 0 Å². The lowest BCUT2D eigenvalue weighted by molar-refractivity contribution is -0.143. The van der Waals surface area contributed by atoms with Crippen LogP contribution in [0, 0.1) is 5.92 Å². The number of nitrogens with one attached hydrogen (secondary N) is 1. The number of carbonyl (C=O) groups is 2. The number of aryl methyl sites for hydroxylation is 1. The number of hydrogen-bond donors (Lipinski definition) is 1. The highest BCUT2D eigenvalue weighted by Crippen LogP contribution is 2.36. The average molecular weight is 462 g/mol. The van der Waals surface area contributed by atoms with Crippen LogP contribution in [0.2, 0.25) is 0 Å². The summed E-state index contributed by atoms with van der Waals surface area (Å²) in [5.41, 5.74) is -3.31. The highest BCUT2D eigenvalue weighted by molar-refractivity contribution is 5.95. The average Bonchev–Trinajstić information content (AvgIpc) is 3.16. The molecular formula is C20H20F6N4O2. The van der Waals surface area contributed by atoms with Gasteiger partial charge in [0.25, 0.3) is 11.8 Å². The molecule has 1 fully saturated rings. The second kappa shape index (κ2) is 8.83. The number of aromatic nitrogens is 2. The first kappa shape index (κ1) is 23.6. The third-order valence-electron chi connectivity index (χ3n) is 5.25. The van der Waals surface area contributed by atoms with E-state index in [9.17, 15) is 35.9 Å². The van der Waals surface area contributed by atoms with Crippen molar-refractivity contribution in [3.8, 4) is 0 Å². The number of piperidine rings is 1. The largest absolute Gasteiger partial charge is 0.416 e. The van der Waals surface area contributed by atoms with Crippen molar-refractivity contribution < 1.29 is 35.9 Å². The molecule has 32 heavy (non-hydrogen) atoms. The molecular weight excluding hydrogens is 442 g/mol. The Labute approximate surface area is 179 Å². The summed E-state index contributed by atoms with van der Waals surface area (Å²) in [6, 6.07) is 0.878. The first-order valence-electron chi connectivity index (χ1n) is 9.70. The molecule has 0 unspecified atom stereocenters. The van der Waals surface area contributed by atoms with Crippen LogP contribution < -0.4 is 5.32 Å². The standard InChI is InChI=1S/C20H20F6N4O2/c1-29-11-14(10-28-29)17(31)27-9-12-2-4-30(5-3-12)18(32)13-6-15(19(21,22)23)8-16(7-13)20(24,25)26/h6-8,10-12H,2-5,9H2,1H3,(H,27,31). The maximum absolute atomic E-state index is 13.0. The molecule has 0 radical (unpaired) electrons.